The smallest absolute Gasteiger partial charge is 0.220 e. The lowest BCUT2D eigenvalue weighted by Gasteiger charge is -2.16. The van der Waals surface area contributed by atoms with Gasteiger partial charge in [0, 0.05) is 6.42 Å². The first-order chi connectivity index (χ1) is 10.1. The van der Waals surface area contributed by atoms with Crippen molar-refractivity contribution in [2.45, 2.75) is 45.1 Å². The van der Waals surface area contributed by atoms with Gasteiger partial charge in [-0.25, -0.2) is 0 Å². The maximum absolute atomic E-state index is 11.7. The molecule has 126 valence electrons. The first-order valence-electron chi connectivity index (χ1n) is 7.51. The fourth-order valence-electron chi connectivity index (χ4n) is 1.93. The molecule has 1 aromatic carbocycles. The van der Waals surface area contributed by atoms with Crippen LogP contribution in [-0.2, 0) is 4.79 Å². The summed E-state index contributed by atoms with van der Waals surface area (Å²) in [6.07, 6.45) is 4.52. The van der Waals surface area contributed by atoms with E-state index in [-0.39, 0.29) is 24.4 Å². The van der Waals surface area contributed by atoms with Gasteiger partial charge < -0.3 is 15.8 Å². The second-order valence-corrected chi connectivity index (χ2v) is 5.52. The SMILES string of the molecule is CC(CNC(=O)CCCCCCN)Oc1ccccc1Cl.Cl. The van der Waals surface area contributed by atoms with Gasteiger partial charge in [-0.3, -0.25) is 4.79 Å². The Morgan fingerprint density at radius 2 is 1.95 bits per heavy atom. The summed E-state index contributed by atoms with van der Waals surface area (Å²) in [5.74, 6) is 0.708. The molecule has 0 saturated carbocycles. The molecule has 0 aliphatic rings. The third-order valence-corrected chi connectivity index (χ3v) is 3.42. The molecule has 0 aromatic heterocycles. The zero-order valence-corrected chi connectivity index (χ0v) is 14.6. The number of para-hydroxylation sites is 1. The Bertz CT molecular complexity index is 430. The fourth-order valence-corrected chi connectivity index (χ4v) is 2.11. The topological polar surface area (TPSA) is 64.4 Å². The van der Waals surface area contributed by atoms with Crippen LogP contribution in [0.4, 0.5) is 0 Å². The van der Waals surface area contributed by atoms with Crippen LogP contribution in [0.1, 0.15) is 39.0 Å². The molecule has 1 atom stereocenters. The van der Waals surface area contributed by atoms with Crippen molar-refractivity contribution in [2.75, 3.05) is 13.1 Å². The first kappa shape index (κ1) is 21.0. The number of carbonyl (C=O) groups excluding carboxylic acids is 1. The van der Waals surface area contributed by atoms with Crippen LogP contribution in [0.3, 0.4) is 0 Å². The monoisotopic (exact) mass is 348 g/mol. The highest BCUT2D eigenvalue weighted by atomic mass is 35.5. The van der Waals surface area contributed by atoms with Crippen LogP contribution in [0, 0.1) is 0 Å². The number of benzene rings is 1. The Hall–Kier alpha value is -0.970. The molecule has 1 aromatic rings. The van der Waals surface area contributed by atoms with E-state index in [2.05, 4.69) is 5.32 Å². The van der Waals surface area contributed by atoms with Crippen molar-refractivity contribution in [3.05, 3.63) is 29.3 Å². The second-order valence-electron chi connectivity index (χ2n) is 5.12. The minimum Gasteiger partial charge on any atom is -0.487 e. The molecule has 1 rings (SSSR count). The lowest BCUT2D eigenvalue weighted by Crippen LogP contribution is -2.33. The summed E-state index contributed by atoms with van der Waals surface area (Å²) in [4.78, 5) is 11.7. The molecular formula is C16H26Cl2N2O2. The Labute approximate surface area is 144 Å². The molecule has 0 radical (unpaired) electrons. The molecule has 0 saturated heterocycles. The van der Waals surface area contributed by atoms with Gasteiger partial charge in [-0.05, 0) is 38.4 Å². The summed E-state index contributed by atoms with van der Waals surface area (Å²) in [5.41, 5.74) is 5.42. The van der Waals surface area contributed by atoms with Crippen LogP contribution in [0.5, 0.6) is 5.75 Å². The molecule has 3 N–H and O–H groups in total. The molecule has 0 aliphatic heterocycles. The summed E-state index contributed by atoms with van der Waals surface area (Å²) in [6, 6.07) is 7.32. The van der Waals surface area contributed by atoms with E-state index in [4.69, 9.17) is 22.1 Å². The van der Waals surface area contributed by atoms with Gasteiger partial charge in [0.1, 0.15) is 11.9 Å². The molecule has 4 nitrogen and oxygen atoms in total. The van der Waals surface area contributed by atoms with Crippen LogP contribution >= 0.6 is 24.0 Å². The van der Waals surface area contributed by atoms with Crippen molar-refractivity contribution in [1.29, 1.82) is 0 Å². The lowest BCUT2D eigenvalue weighted by atomic mass is 10.1. The van der Waals surface area contributed by atoms with E-state index >= 15 is 0 Å². The number of hydrogen-bond donors (Lipinski definition) is 2. The highest BCUT2D eigenvalue weighted by Gasteiger charge is 2.08. The summed E-state index contributed by atoms with van der Waals surface area (Å²) in [7, 11) is 0. The summed E-state index contributed by atoms with van der Waals surface area (Å²) in [6.45, 7) is 3.11. The van der Waals surface area contributed by atoms with Gasteiger partial charge in [-0.2, -0.15) is 0 Å². The number of ether oxygens (including phenoxy) is 1. The molecular weight excluding hydrogens is 323 g/mol. The zero-order chi connectivity index (χ0) is 15.5. The van der Waals surface area contributed by atoms with Crippen molar-refractivity contribution in [3.8, 4) is 5.75 Å². The predicted octanol–water partition coefficient (Wildman–Crippen LogP) is 3.55. The zero-order valence-electron chi connectivity index (χ0n) is 13.0. The third kappa shape index (κ3) is 9.13. The van der Waals surface area contributed by atoms with Crippen molar-refractivity contribution in [2.24, 2.45) is 5.73 Å². The number of halogens is 2. The molecule has 1 unspecified atom stereocenters. The summed E-state index contributed by atoms with van der Waals surface area (Å²) < 4.78 is 5.69. The van der Waals surface area contributed by atoms with Crippen molar-refractivity contribution in [3.63, 3.8) is 0 Å². The minimum absolute atomic E-state index is 0. The molecule has 0 heterocycles. The van der Waals surface area contributed by atoms with Crippen LogP contribution in [-0.4, -0.2) is 25.1 Å². The standard InChI is InChI=1S/C16H25ClN2O2.ClH/c1-13(21-15-9-6-5-8-14(15)17)12-19-16(20)10-4-2-3-7-11-18;/h5-6,8-9,13H,2-4,7,10-12,18H2,1H3,(H,19,20);1H. The van der Waals surface area contributed by atoms with Crippen LogP contribution in [0.15, 0.2) is 24.3 Å². The van der Waals surface area contributed by atoms with E-state index in [1.165, 1.54) is 0 Å². The normalized spacial score (nSPS) is 11.4. The van der Waals surface area contributed by atoms with E-state index in [0.717, 1.165) is 32.2 Å². The summed E-state index contributed by atoms with van der Waals surface area (Å²) in [5, 5.41) is 3.46. The maximum Gasteiger partial charge on any atom is 0.220 e. The van der Waals surface area contributed by atoms with E-state index in [1.807, 2.05) is 25.1 Å². The quantitative estimate of drug-likeness (QED) is 0.635. The number of rotatable bonds is 10. The number of nitrogens with one attached hydrogen (secondary N) is 1. The van der Waals surface area contributed by atoms with Gasteiger partial charge in [0.2, 0.25) is 5.91 Å². The highest BCUT2D eigenvalue weighted by Crippen LogP contribution is 2.23. The maximum atomic E-state index is 11.7. The first-order valence-corrected chi connectivity index (χ1v) is 7.89. The Morgan fingerprint density at radius 3 is 2.64 bits per heavy atom. The molecule has 0 aliphatic carbocycles. The van der Waals surface area contributed by atoms with Crippen molar-refractivity contribution < 1.29 is 9.53 Å². The van der Waals surface area contributed by atoms with Gasteiger partial charge in [0.15, 0.2) is 0 Å². The minimum atomic E-state index is -0.119. The van der Waals surface area contributed by atoms with Gasteiger partial charge in [-0.1, -0.05) is 36.6 Å². The second kappa shape index (κ2) is 12.6. The molecule has 6 heteroatoms. The number of carbonyl (C=O) groups is 1. The van der Waals surface area contributed by atoms with Crippen molar-refractivity contribution in [1.82, 2.24) is 5.32 Å². The Balaban J connectivity index is 0.00000441. The van der Waals surface area contributed by atoms with Crippen LogP contribution in [0.25, 0.3) is 0 Å². The van der Waals surface area contributed by atoms with Crippen LogP contribution < -0.4 is 15.8 Å². The van der Waals surface area contributed by atoms with Gasteiger partial charge >= 0.3 is 0 Å². The highest BCUT2D eigenvalue weighted by molar-refractivity contribution is 6.32. The number of amides is 1. The fraction of sp³-hybridized carbons (Fsp3) is 0.562. The number of hydrogen-bond acceptors (Lipinski definition) is 3. The number of unbranched alkanes of at least 4 members (excludes halogenated alkanes) is 3. The average Bonchev–Trinajstić information content (AvgIpc) is 2.47. The Kier molecular flexibility index (Phi) is 12.0. The third-order valence-electron chi connectivity index (χ3n) is 3.11. The van der Waals surface area contributed by atoms with Crippen molar-refractivity contribution >= 4 is 29.9 Å². The van der Waals surface area contributed by atoms with E-state index in [9.17, 15) is 4.79 Å². The van der Waals surface area contributed by atoms with Crippen LogP contribution in [0.2, 0.25) is 5.02 Å². The molecule has 0 spiro atoms. The molecule has 0 fully saturated rings. The predicted molar refractivity (Wildman–Crippen MR) is 93.9 cm³/mol. The summed E-state index contributed by atoms with van der Waals surface area (Å²) >= 11 is 6.02. The Morgan fingerprint density at radius 1 is 1.27 bits per heavy atom. The van der Waals surface area contributed by atoms with Gasteiger partial charge in [-0.15, -0.1) is 12.4 Å². The molecule has 22 heavy (non-hydrogen) atoms. The van der Waals surface area contributed by atoms with E-state index < -0.39 is 0 Å². The van der Waals surface area contributed by atoms with Gasteiger partial charge in [0.05, 0.1) is 11.6 Å². The number of nitrogens with two attached hydrogens (primary N) is 1. The largest absolute Gasteiger partial charge is 0.487 e. The lowest BCUT2D eigenvalue weighted by molar-refractivity contribution is -0.121. The van der Waals surface area contributed by atoms with E-state index in [1.54, 1.807) is 6.07 Å². The molecule has 0 bridgehead atoms. The molecule has 1 amide bonds. The van der Waals surface area contributed by atoms with E-state index in [0.29, 0.717) is 23.7 Å². The van der Waals surface area contributed by atoms with Gasteiger partial charge in [0.25, 0.3) is 0 Å². The average molecular weight is 349 g/mol.